The number of rotatable bonds is 17. The van der Waals surface area contributed by atoms with Gasteiger partial charge in [-0.2, -0.15) is 0 Å². The first-order valence-electron chi connectivity index (χ1n) is 18.3. The third-order valence-corrected chi connectivity index (χ3v) is 9.88. The molecule has 3 heterocycles. The van der Waals surface area contributed by atoms with Crippen molar-refractivity contribution in [2.75, 3.05) is 52.6 Å². The van der Waals surface area contributed by atoms with E-state index in [1.807, 2.05) is 31.5 Å². The molecule has 1 aromatic carbocycles. The van der Waals surface area contributed by atoms with Crippen molar-refractivity contribution in [3.8, 4) is 11.3 Å². The predicted molar refractivity (Wildman–Crippen MR) is 204 cm³/mol. The summed E-state index contributed by atoms with van der Waals surface area (Å²) in [5.41, 5.74) is 4.83. The maximum absolute atomic E-state index is 14.8. The molecule has 2 N–H and O–H groups in total. The van der Waals surface area contributed by atoms with Crippen LogP contribution in [0.2, 0.25) is 0 Å². The zero-order valence-corrected chi connectivity index (χ0v) is 31.5. The van der Waals surface area contributed by atoms with E-state index in [0.717, 1.165) is 42.0 Å². The van der Waals surface area contributed by atoms with Crippen molar-refractivity contribution in [3.05, 3.63) is 77.7 Å². The Hall–Kier alpha value is -3.53. The zero-order chi connectivity index (χ0) is 36.0. The van der Waals surface area contributed by atoms with Crippen LogP contribution in [0.15, 0.2) is 55.1 Å². The average molecular weight is 676 g/mol. The maximum Gasteiger partial charge on any atom is 0.173 e. The lowest BCUT2D eigenvalue weighted by Crippen LogP contribution is -2.48. The second-order valence-electron chi connectivity index (χ2n) is 13.6. The van der Waals surface area contributed by atoms with Crippen LogP contribution in [0.25, 0.3) is 16.9 Å². The number of allylic oxidation sites excluding steroid dienone is 2. The Labute approximate surface area is 295 Å². The number of aromatic nitrogens is 2. The third kappa shape index (κ3) is 10.0. The first-order valence-corrected chi connectivity index (χ1v) is 18.3. The monoisotopic (exact) mass is 675 g/mol. The highest BCUT2D eigenvalue weighted by Gasteiger charge is 2.34. The summed E-state index contributed by atoms with van der Waals surface area (Å²) < 4.78 is 16.6. The van der Waals surface area contributed by atoms with Gasteiger partial charge in [0.15, 0.2) is 17.8 Å². The molecule has 49 heavy (non-hydrogen) atoms. The average Bonchev–Trinajstić information content (AvgIpc) is 3.53. The SMILES string of the molecule is C=C/C=C(/Nc1ccc(-c2cnc3c(F)c(C)ccn23)c(CNC)c1C=O)N(C)N1CCC(CC)(CCCCN(C)CCC)CC1.CCC. The zero-order valence-electron chi connectivity index (χ0n) is 31.5. The first kappa shape index (κ1) is 39.9. The Morgan fingerprint density at radius 2 is 1.82 bits per heavy atom. The van der Waals surface area contributed by atoms with Crippen molar-refractivity contribution >= 4 is 17.6 Å². The molecule has 1 fully saturated rings. The standard InChI is InChI=1S/C37H54FN7O.C3H8/c1-8-13-34(43(7)44-23-18-37(10-3,19-24-44)17-11-12-21-42(6)20-9-2)41-32-15-14-29(30(25-39-5)31(32)27-46)33-26-40-36-35(38)28(4)16-22-45(33)36;1-3-2/h8,13-16,22,26-27,39,41H,1,9-12,17-21,23-25H2,2-7H3;3H2,1-2H3/b34-13-;. The van der Waals surface area contributed by atoms with Gasteiger partial charge in [-0.05, 0) is 101 Å². The number of aldehydes is 1. The number of nitrogens with one attached hydrogen (secondary N) is 2. The van der Waals surface area contributed by atoms with Gasteiger partial charge >= 0.3 is 0 Å². The Bertz CT molecular complexity index is 1520. The van der Waals surface area contributed by atoms with E-state index in [1.165, 1.54) is 64.5 Å². The molecule has 0 unspecified atom stereocenters. The molecule has 270 valence electrons. The Balaban J connectivity index is 0.00000209. The topological polar surface area (TPSA) is 68.1 Å². The minimum absolute atomic E-state index is 0.270. The molecule has 9 heteroatoms. The van der Waals surface area contributed by atoms with Crippen LogP contribution in [0.1, 0.15) is 101 Å². The number of hydrazine groups is 1. The van der Waals surface area contributed by atoms with Gasteiger partial charge in [0.25, 0.3) is 0 Å². The van der Waals surface area contributed by atoms with Crippen molar-refractivity contribution in [2.24, 2.45) is 5.41 Å². The van der Waals surface area contributed by atoms with Crippen molar-refractivity contribution in [2.45, 2.75) is 92.5 Å². The number of pyridine rings is 1. The van der Waals surface area contributed by atoms with E-state index in [4.69, 9.17) is 0 Å². The summed E-state index contributed by atoms with van der Waals surface area (Å²) in [5.74, 6) is 0.501. The smallest absolute Gasteiger partial charge is 0.173 e. The van der Waals surface area contributed by atoms with E-state index in [1.54, 1.807) is 29.7 Å². The number of hydrogen-bond donors (Lipinski definition) is 2. The highest BCUT2D eigenvalue weighted by atomic mass is 19.1. The number of aryl methyl sites for hydroxylation is 1. The summed E-state index contributed by atoms with van der Waals surface area (Å²) >= 11 is 0. The predicted octanol–water partition coefficient (Wildman–Crippen LogP) is 8.69. The molecule has 4 rings (SSSR count). The van der Waals surface area contributed by atoms with E-state index < -0.39 is 0 Å². The minimum Gasteiger partial charge on any atom is -0.340 e. The fourth-order valence-electron chi connectivity index (χ4n) is 6.88. The van der Waals surface area contributed by atoms with Crippen LogP contribution >= 0.6 is 0 Å². The molecule has 8 nitrogen and oxygen atoms in total. The number of fused-ring (bicyclic) bond motifs is 1. The largest absolute Gasteiger partial charge is 0.340 e. The molecular formula is C40H62FN7O. The molecule has 0 amide bonds. The van der Waals surface area contributed by atoms with Gasteiger partial charge in [0.2, 0.25) is 0 Å². The Morgan fingerprint density at radius 1 is 1.10 bits per heavy atom. The van der Waals surface area contributed by atoms with Gasteiger partial charge in [-0.3, -0.25) is 14.2 Å². The highest BCUT2D eigenvalue weighted by Crippen LogP contribution is 2.40. The molecular weight excluding hydrogens is 613 g/mol. The quantitative estimate of drug-likeness (QED) is 0.0843. The van der Waals surface area contributed by atoms with Crippen molar-refractivity contribution in [1.29, 1.82) is 0 Å². The fourth-order valence-corrected chi connectivity index (χ4v) is 6.88. The summed E-state index contributed by atoms with van der Waals surface area (Å²) in [7, 11) is 6.15. The molecule has 0 radical (unpaired) electrons. The molecule has 0 spiro atoms. The third-order valence-electron chi connectivity index (χ3n) is 9.88. The van der Waals surface area contributed by atoms with Gasteiger partial charge in [0.1, 0.15) is 5.82 Å². The minimum atomic E-state index is -0.343. The van der Waals surface area contributed by atoms with E-state index in [0.29, 0.717) is 28.8 Å². The first-order chi connectivity index (χ1) is 23.6. The molecule has 1 aliphatic rings. The maximum atomic E-state index is 14.8. The van der Waals surface area contributed by atoms with Crippen LogP contribution in [0.4, 0.5) is 10.1 Å². The van der Waals surface area contributed by atoms with E-state index in [9.17, 15) is 9.18 Å². The normalized spacial score (nSPS) is 14.9. The Morgan fingerprint density at radius 3 is 2.43 bits per heavy atom. The number of unbranched alkanes of at least 4 members (excludes halogenated alkanes) is 1. The fraction of sp³-hybridized carbons (Fsp3) is 0.550. The van der Waals surface area contributed by atoms with Crippen LogP contribution in [-0.4, -0.2) is 77.9 Å². The molecule has 0 atom stereocenters. The molecule has 3 aromatic rings. The summed E-state index contributed by atoms with van der Waals surface area (Å²) in [6, 6.07) is 5.64. The van der Waals surface area contributed by atoms with Crippen LogP contribution in [0.5, 0.6) is 0 Å². The van der Waals surface area contributed by atoms with Crippen LogP contribution in [-0.2, 0) is 6.54 Å². The van der Waals surface area contributed by atoms with Crippen molar-refractivity contribution < 1.29 is 9.18 Å². The second kappa shape index (κ2) is 19.6. The van der Waals surface area contributed by atoms with Gasteiger partial charge in [0, 0.05) is 44.0 Å². The van der Waals surface area contributed by atoms with Gasteiger partial charge in [0.05, 0.1) is 17.6 Å². The summed E-state index contributed by atoms with van der Waals surface area (Å²) in [5, 5.41) is 11.3. The lowest BCUT2D eigenvalue weighted by atomic mass is 9.73. The van der Waals surface area contributed by atoms with Gasteiger partial charge in [-0.15, -0.1) is 0 Å². The van der Waals surface area contributed by atoms with Crippen LogP contribution in [0, 0.1) is 18.2 Å². The number of carbonyl (C=O) groups excluding carboxylic acids is 1. The van der Waals surface area contributed by atoms with Crippen molar-refractivity contribution in [1.82, 2.24) is 29.6 Å². The summed E-state index contributed by atoms with van der Waals surface area (Å²) in [4.78, 5) is 19.5. The molecule has 0 saturated carbocycles. The summed E-state index contributed by atoms with van der Waals surface area (Å²) in [6.45, 7) is 19.3. The van der Waals surface area contributed by atoms with Crippen LogP contribution in [0.3, 0.4) is 0 Å². The number of anilines is 1. The number of imidazole rings is 1. The highest BCUT2D eigenvalue weighted by molar-refractivity contribution is 5.91. The van der Waals surface area contributed by atoms with Gasteiger partial charge < -0.3 is 15.5 Å². The molecule has 1 aliphatic heterocycles. The van der Waals surface area contributed by atoms with Crippen molar-refractivity contribution in [3.63, 3.8) is 0 Å². The number of halogens is 1. The van der Waals surface area contributed by atoms with E-state index in [-0.39, 0.29) is 11.5 Å². The molecule has 0 aliphatic carbocycles. The number of benzene rings is 1. The lowest BCUT2D eigenvalue weighted by molar-refractivity contribution is -0.0297. The van der Waals surface area contributed by atoms with E-state index >= 15 is 0 Å². The van der Waals surface area contributed by atoms with E-state index in [2.05, 4.69) is 78.9 Å². The molecule has 0 bridgehead atoms. The van der Waals surface area contributed by atoms with Gasteiger partial charge in [-0.1, -0.05) is 65.7 Å². The lowest BCUT2D eigenvalue weighted by Gasteiger charge is -2.45. The number of carbonyl (C=O) groups is 1. The number of nitrogens with zero attached hydrogens (tertiary/aromatic N) is 5. The molecule has 1 saturated heterocycles. The molecule has 2 aromatic heterocycles. The van der Waals surface area contributed by atoms with Crippen LogP contribution < -0.4 is 10.6 Å². The second-order valence-corrected chi connectivity index (χ2v) is 13.6. The van der Waals surface area contributed by atoms with Gasteiger partial charge in [-0.25, -0.2) is 14.4 Å². The Kier molecular flexibility index (Phi) is 16.0. The summed E-state index contributed by atoms with van der Waals surface area (Å²) in [6.07, 6.45) is 17.9. The number of piperidine rings is 1. The number of hydrogen-bond acceptors (Lipinski definition) is 7.